The lowest BCUT2D eigenvalue weighted by Gasteiger charge is -2.33. The lowest BCUT2D eigenvalue weighted by atomic mass is 10.0. The standard InChI is InChI=1S/C19H19N5O2/c1-13-21-22-18-12-23(17(19(25)26)11-24(13)18)10-14-4-2-5-15(8-14)16-6-3-7-20-9-16/h2-9,17H,10-12H2,1H3,(H,25,26). The number of pyridine rings is 1. The molecule has 3 aromatic rings. The highest BCUT2D eigenvalue weighted by molar-refractivity contribution is 5.73. The van der Waals surface area contributed by atoms with E-state index in [1.165, 1.54) is 0 Å². The van der Waals surface area contributed by atoms with Crippen LogP contribution >= 0.6 is 0 Å². The molecule has 26 heavy (non-hydrogen) atoms. The summed E-state index contributed by atoms with van der Waals surface area (Å²) in [5.74, 6) is 0.736. The Morgan fingerprint density at radius 1 is 1.23 bits per heavy atom. The molecule has 7 nitrogen and oxygen atoms in total. The first-order valence-electron chi connectivity index (χ1n) is 8.46. The minimum Gasteiger partial charge on any atom is -0.480 e. The van der Waals surface area contributed by atoms with Crippen molar-refractivity contribution in [1.29, 1.82) is 0 Å². The maximum absolute atomic E-state index is 11.8. The van der Waals surface area contributed by atoms with Crippen LogP contribution in [0.2, 0.25) is 0 Å². The second-order valence-corrected chi connectivity index (χ2v) is 6.48. The van der Waals surface area contributed by atoms with Crippen molar-refractivity contribution in [2.45, 2.75) is 32.6 Å². The van der Waals surface area contributed by atoms with E-state index in [4.69, 9.17) is 0 Å². The molecular weight excluding hydrogens is 330 g/mol. The Kier molecular flexibility index (Phi) is 4.22. The van der Waals surface area contributed by atoms with Gasteiger partial charge in [-0.2, -0.15) is 0 Å². The molecule has 1 aromatic carbocycles. The van der Waals surface area contributed by atoms with Crippen LogP contribution in [0.15, 0.2) is 48.8 Å². The monoisotopic (exact) mass is 349 g/mol. The number of hydrogen-bond donors (Lipinski definition) is 1. The summed E-state index contributed by atoms with van der Waals surface area (Å²) in [7, 11) is 0. The van der Waals surface area contributed by atoms with Crippen LogP contribution in [0.3, 0.4) is 0 Å². The van der Waals surface area contributed by atoms with Gasteiger partial charge < -0.3 is 9.67 Å². The Hall–Kier alpha value is -3.06. The van der Waals surface area contributed by atoms with Crippen molar-refractivity contribution < 1.29 is 9.90 Å². The summed E-state index contributed by atoms with van der Waals surface area (Å²) in [4.78, 5) is 17.9. The average molecular weight is 349 g/mol. The largest absolute Gasteiger partial charge is 0.480 e. The van der Waals surface area contributed by atoms with E-state index in [0.29, 0.717) is 19.6 Å². The zero-order chi connectivity index (χ0) is 18.1. The van der Waals surface area contributed by atoms with Crippen molar-refractivity contribution in [1.82, 2.24) is 24.6 Å². The number of fused-ring (bicyclic) bond motifs is 1. The van der Waals surface area contributed by atoms with Gasteiger partial charge in [0.05, 0.1) is 13.1 Å². The van der Waals surface area contributed by atoms with Gasteiger partial charge in [0.1, 0.15) is 17.7 Å². The van der Waals surface area contributed by atoms with E-state index in [1.807, 2.05) is 52.9 Å². The molecule has 4 rings (SSSR count). The fourth-order valence-electron chi connectivity index (χ4n) is 3.38. The van der Waals surface area contributed by atoms with E-state index in [0.717, 1.165) is 28.3 Å². The number of aryl methyl sites for hydroxylation is 1. The molecule has 0 aliphatic carbocycles. The van der Waals surface area contributed by atoms with Crippen LogP contribution < -0.4 is 0 Å². The highest BCUT2D eigenvalue weighted by atomic mass is 16.4. The first-order chi connectivity index (χ1) is 12.6. The van der Waals surface area contributed by atoms with Gasteiger partial charge in [0.2, 0.25) is 0 Å². The van der Waals surface area contributed by atoms with Crippen LogP contribution in [0, 0.1) is 6.92 Å². The summed E-state index contributed by atoms with van der Waals surface area (Å²) in [5.41, 5.74) is 3.17. The van der Waals surface area contributed by atoms with Crippen molar-refractivity contribution in [3.05, 3.63) is 66.0 Å². The van der Waals surface area contributed by atoms with Crippen LogP contribution in [0.1, 0.15) is 17.2 Å². The number of aliphatic carboxylic acids is 1. The highest BCUT2D eigenvalue weighted by Gasteiger charge is 2.33. The summed E-state index contributed by atoms with van der Waals surface area (Å²) in [6.45, 7) is 3.22. The first-order valence-corrected chi connectivity index (χ1v) is 8.46. The van der Waals surface area contributed by atoms with Crippen LogP contribution in [0.4, 0.5) is 0 Å². The molecule has 2 aromatic heterocycles. The lowest BCUT2D eigenvalue weighted by Crippen LogP contribution is -2.47. The van der Waals surface area contributed by atoms with Gasteiger partial charge in [0.25, 0.3) is 0 Å². The molecule has 0 bridgehead atoms. The van der Waals surface area contributed by atoms with Gasteiger partial charge in [0, 0.05) is 18.9 Å². The predicted octanol–water partition coefficient (Wildman–Crippen LogP) is 2.12. The van der Waals surface area contributed by atoms with Crippen LogP contribution in [0.5, 0.6) is 0 Å². The van der Waals surface area contributed by atoms with Gasteiger partial charge in [0.15, 0.2) is 0 Å². The highest BCUT2D eigenvalue weighted by Crippen LogP contribution is 2.23. The number of rotatable bonds is 4. The number of carboxylic acids is 1. The molecule has 7 heteroatoms. The Labute approximate surface area is 150 Å². The van der Waals surface area contributed by atoms with Gasteiger partial charge in [-0.3, -0.25) is 14.7 Å². The van der Waals surface area contributed by atoms with Crippen molar-refractivity contribution >= 4 is 5.97 Å². The van der Waals surface area contributed by atoms with E-state index in [9.17, 15) is 9.90 Å². The Morgan fingerprint density at radius 3 is 2.85 bits per heavy atom. The minimum atomic E-state index is -0.827. The molecule has 0 radical (unpaired) electrons. The summed E-state index contributed by atoms with van der Waals surface area (Å²) in [6.07, 6.45) is 3.57. The fourth-order valence-corrected chi connectivity index (χ4v) is 3.38. The Morgan fingerprint density at radius 2 is 2.08 bits per heavy atom. The van der Waals surface area contributed by atoms with E-state index < -0.39 is 12.0 Å². The van der Waals surface area contributed by atoms with E-state index in [1.54, 1.807) is 6.20 Å². The molecule has 0 amide bonds. The molecule has 0 saturated carbocycles. The molecule has 0 spiro atoms. The third-order valence-electron chi connectivity index (χ3n) is 4.75. The molecule has 1 aliphatic heterocycles. The minimum absolute atomic E-state index is 0.367. The summed E-state index contributed by atoms with van der Waals surface area (Å²) in [5, 5.41) is 17.9. The van der Waals surface area contributed by atoms with Crippen LogP contribution in [-0.2, 0) is 24.4 Å². The van der Waals surface area contributed by atoms with E-state index in [-0.39, 0.29) is 0 Å². The topological polar surface area (TPSA) is 84.1 Å². The molecule has 3 heterocycles. The van der Waals surface area contributed by atoms with Gasteiger partial charge in [-0.25, -0.2) is 0 Å². The summed E-state index contributed by atoms with van der Waals surface area (Å²) < 4.78 is 1.89. The summed E-state index contributed by atoms with van der Waals surface area (Å²) >= 11 is 0. The number of hydrogen-bond acceptors (Lipinski definition) is 5. The number of benzene rings is 1. The van der Waals surface area contributed by atoms with Crippen molar-refractivity contribution in [2.75, 3.05) is 0 Å². The molecule has 0 saturated heterocycles. The second kappa shape index (κ2) is 6.68. The molecule has 132 valence electrons. The third kappa shape index (κ3) is 3.09. The average Bonchev–Trinajstić information content (AvgIpc) is 3.02. The maximum atomic E-state index is 11.8. The predicted molar refractivity (Wildman–Crippen MR) is 95.1 cm³/mol. The molecule has 1 N–H and O–H groups in total. The SMILES string of the molecule is Cc1nnc2n1CC(C(=O)O)N(Cc1cccc(-c3cccnc3)c1)C2. The third-order valence-corrected chi connectivity index (χ3v) is 4.75. The van der Waals surface area contributed by atoms with Crippen molar-refractivity contribution in [2.24, 2.45) is 0 Å². The Bertz CT molecular complexity index is 938. The first kappa shape index (κ1) is 16.4. The number of carbonyl (C=O) groups is 1. The number of aromatic nitrogens is 4. The Balaban J connectivity index is 1.61. The summed E-state index contributed by atoms with van der Waals surface area (Å²) in [6, 6.07) is 11.4. The van der Waals surface area contributed by atoms with Crippen LogP contribution in [0.25, 0.3) is 11.1 Å². The van der Waals surface area contributed by atoms with Crippen LogP contribution in [-0.4, -0.2) is 41.8 Å². The maximum Gasteiger partial charge on any atom is 0.322 e. The van der Waals surface area contributed by atoms with Gasteiger partial charge in [-0.1, -0.05) is 24.3 Å². The van der Waals surface area contributed by atoms with Crippen molar-refractivity contribution in [3.63, 3.8) is 0 Å². The molecular formula is C19H19N5O2. The zero-order valence-corrected chi connectivity index (χ0v) is 14.4. The smallest absolute Gasteiger partial charge is 0.322 e. The second-order valence-electron chi connectivity index (χ2n) is 6.48. The fraction of sp³-hybridized carbons (Fsp3) is 0.263. The molecule has 1 unspecified atom stereocenters. The van der Waals surface area contributed by atoms with Crippen molar-refractivity contribution in [3.8, 4) is 11.1 Å². The van der Waals surface area contributed by atoms with Gasteiger partial charge in [-0.15, -0.1) is 10.2 Å². The molecule has 0 fully saturated rings. The van der Waals surface area contributed by atoms with E-state index >= 15 is 0 Å². The lowest BCUT2D eigenvalue weighted by molar-refractivity contribution is -0.145. The normalized spacial score (nSPS) is 17.0. The molecule has 1 atom stereocenters. The van der Waals surface area contributed by atoms with Gasteiger partial charge >= 0.3 is 5.97 Å². The zero-order valence-electron chi connectivity index (χ0n) is 14.4. The number of nitrogens with zero attached hydrogens (tertiary/aromatic N) is 5. The number of carboxylic acid groups (broad SMARTS) is 1. The van der Waals surface area contributed by atoms with E-state index in [2.05, 4.69) is 21.2 Å². The quantitative estimate of drug-likeness (QED) is 0.777. The molecule has 1 aliphatic rings. The van der Waals surface area contributed by atoms with Gasteiger partial charge in [-0.05, 0) is 35.7 Å².